The number of nitrogens with zero attached hydrogens (tertiary/aromatic N) is 2. The molecule has 174 valence electrons. The van der Waals surface area contributed by atoms with E-state index in [1.165, 1.54) is 0 Å². The number of carboxylic acid groups (broad SMARTS) is 1. The van der Waals surface area contributed by atoms with E-state index in [0.29, 0.717) is 12.1 Å². The predicted octanol–water partition coefficient (Wildman–Crippen LogP) is 4.83. The molecule has 1 aromatic heterocycles. The number of amides is 1. The van der Waals surface area contributed by atoms with Crippen molar-refractivity contribution < 1.29 is 19.4 Å². The molecule has 0 bridgehead atoms. The molecule has 0 aliphatic carbocycles. The van der Waals surface area contributed by atoms with Gasteiger partial charge in [-0.3, -0.25) is 9.59 Å². The normalized spacial score (nSPS) is 10.6. The fraction of sp³-hybridized carbons (Fsp3) is 0.320. The van der Waals surface area contributed by atoms with E-state index in [-0.39, 0.29) is 18.9 Å². The molecule has 1 amide bonds. The second-order valence-corrected chi connectivity index (χ2v) is 8.45. The number of ether oxygens (including phenoxy) is 1. The topological polar surface area (TPSA) is 91.8 Å². The Hall–Kier alpha value is -3.39. The zero-order valence-corrected chi connectivity index (χ0v) is 19.7. The van der Waals surface area contributed by atoms with Gasteiger partial charge >= 0.3 is 5.97 Å². The molecule has 1 heterocycles. The fourth-order valence-electron chi connectivity index (χ4n) is 3.26. The summed E-state index contributed by atoms with van der Waals surface area (Å²) in [4.78, 5) is 29.9. The van der Waals surface area contributed by atoms with Gasteiger partial charge < -0.3 is 20.1 Å². The van der Waals surface area contributed by atoms with Gasteiger partial charge in [-0.2, -0.15) is 0 Å². The van der Waals surface area contributed by atoms with Crippen LogP contribution in [0.2, 0.25) is 0 Å². The van der Waals surface area contributed by atoms with E-state index in [1.807, 2.05) is 36.4 Å². The molecule has 0 spiro atoms. The lowest BCUT2D eigenvalue weighted by atomic mass is 10.1. The summed E-state index contributed by atoms with van der Waals surface area (Å²) in [7, 11) is 1.65. The number of aromatic nitrogens is 1. The first-order valence-corrected chi connectivity index (χ1v) is 11.8. The highest BCUT2D eigenvalue weighted by molar-refractivity contribution is 7.14. The molecule has 33 heavy (non-hydrogen) atoms. The third-order valence-electron chi connectivity index (χ3n) is 5.14. The molecule has 0 saturated carbocycles. The van der Waals surface area contributed by atoms with E-state index in [1.54, 1.807) is 30.6 Å². The summed E-state index contributed by atoms with van der Waals surface area (Å²) >= 11 is 1.62. The van der Waals surface area contributed by atoms with Gasteiger partial charge in [-0.25, -0.2) is 4.98 Å². The van der Waals surface area contributed by atoms with E-state index in [0.717, 1.165) is 47.1 Å². The Labute approximate surface area is 198 Å². The number of carbonyl (C=O) groups excluding carboxylic acids is 1. The van der Waals surface area contributed by atoms with Crippen molar-refractivity contribution in [2.24, 2.45) is 0 Å². The zero-order valence-electron chi connectivity index (χ0n) is 18.9. The molecule has 3 aromatic rings. The summed E-state index contributed by atoms with van der Waals surface area (Å²) in [5, 5.41) is 14.4. The van der Waals surface area contributed by atoms with Gasteiger partial charge in [0.15, 0.2) is 5.13 Å². The largest absolute Gasteiger partial charge is 0.497 e. The van der Waals surface area contributed by atoms with Gasteiger partial charge in [0.05, 0.1) is 19.2 Å². The van der Waals surface area contributed by atoms with E-state index in [4.69, 9.17) is 14.8 Å². The average molecular weight is 468 g/mol. The number of carboxylic acids is 1. The number of benzene rings is 2. The van der Waals surface area contributed by atoms with Crippen LogP contribution in [0.1, 0.15) is 42.1 Å². The number of carbonyl (C=O) groups is 2. The van der Waals surface area contributed by atoms with E-state index in [2.05, 4.69) is 22.5 Å². The van der Waals surface area contributed by atoms with Gasteiger partial charge in [0.1, 0.15) is 5.75 Å². The molecule has 8 heteroatoms. The van der Waals surface area contributed by atoms with Crippen molar-refractivity contribution in [2.75, 3.05) is 25.1 Å². The molecule has 0 radical (unpaired) electrons. The number of hydrogen-bond donors (Lipinski definition) is 2. The van der Waals surface area contributed by atoms with Crippen LogP contribution in [0.5, 0.6) is 5.75 Å². The van der Waals surface area contributed by atoms with Crippen LogP contribution >= 0.6 is 11.3 Å². The number of thiazole rings is 1. The standard InChI is InChI=1S/C25H29N3O4S/c1-3-4-15-28(25-27-22(17-33-25)19-9-11-21(32-2)12-10-19)16-18-5-7-20(8-6-18)24(31)26-14-13-23(29)30/h5-12,17H,3-4,13-16H2,1-2H3,(H,26,31)(H,29,30). The third kappa shape index (κ3) is 7.05. The van der Waals surface area contributed by atoms with Crippen molar-refractivity contribution in [1.29, 1.82) is 0 Å². The van der Waals surface area contributed by atoms with E-state index in [9.17, 15) is 9.59 Å². The number of unbranched alkanes of at least 4 members (excludes halogenated alkanes) is 1. The Kier molecular flexibility index (Phi) is 8.83. The minimum atomic E-state index is -0.935. The van der Waals surface area contributed by atoms with Crippen molar-refractivity contribution in [2.45, 2.75) is 32.7 Å². The van der Waals surface area contributed by atoms with Crippen molar-refractivity contribution in [3.63, 3.8) is 0 Å². The smallest absolute Gasteiger partial charge is 0.305 e. The van der Waals surface area contributed by atoms with E-state index >= 15 is 0 Å². The summed E-state index contributed by atoms with van der Waals surface area (Å²) in [5.41, 5.74) is 3.58. The van der Waals surface area contributed by atoms with Crippen LogP contribution in [-0.4, -0.2) is 42.2 Å². The molecule has 0 fully saturated rings. The Morgan fingerprint density at radius 1 is 1.12 bits per heavy atom. The molecule has 0 aliphatic heterocycles. The van der Waals surface area contributed by atoms with Crippen LogP contribution in [0.3, 0.4) is 0 Å². The molecule has 0 unspecified atom stereocenters. The summed E-state index contributed by atoms with van der Waals surface area (Å²) in [5.74, 6) is -0.386. The van der Waals surface area contributed by atoms with Gasteiger partial charge in [-0.15, -0.1) is 11.3 Å². The number of rotatable bonds is 12. The number of hydrogen-bond acceptors (Lipinski definition) is 6. The van der Waals surface area contributed by atoms with Crippen LogP contribution in [-0.2, 0) is 11.3 Å². The van der Waals surface area contributed by atoms with Crippen LogP contribution < -0.4 is 15.0 Å². The highest BCUT2D eigenvalue weighted by Crippen LogP contribution is 2.29. The summed E-state index contributed by atoms with van der Waals surface area (Å²) in [6.07, 6.45) is 2.05. The SMILES string of the molecule is CCCCN(Cc1ccc(C(=O)NCCC(=O)O)cc1)c1nc(-c2ccc(OC)cc2)cs1. The third-order valence-corrected chi connectivity index (χ3v) is 6.05. The second-order valence-electron chi connectivity index (χ2n) is 7.62. The Bertz CT molecular complexity index is 1050. The molecular formula is C25H29N3O4S. The van der Waals surface area contributed by atoms with E-state index < -0.39 is 5.97 Å². The molecule has 2 N–H and O–H groups in total. The lowest BCUT2D eigenvalue weighted by Gasteiger charge is -2.22. The molecule has 0 atom stereocenters. The first-order chi connectivity index (χ1) is 16.0. The first-order valence-electron chi connectivity index (χ1n) is 10.9. The maximum absolute atomic E-state index is 12.2. The Balaban J connectivity index is 1.68. The van der Waals surface area contributed by atoms with Crippen molar-refractivity contribution in [1.82, 2.24) is 10.3 Å². The first kappa shape index (κ1) is 24.3. The van der Waals surface area contributed by atoms with Gasteiger partial charge in [-0.05, 0) is 48.4 Å². The number of aliphatic carboxylic acids is 1. The fourth-order valence-corrected chi connectivity index (χ4v) is 4.12. The summed E-state index contributed by atoms with van der Waals surface area (Å²) in [6, 6.07) is 15.3. The van der Waals surface area contributed by atoms with Gasteiger partial charge in [0.2, 0.25) is 0 Å². The zero-order chi connectivity index (χ0) is 23.6. The van der Waals surface area contributed by atoms with Crippen LogP contribution in [0, 0.1) is 0 Å². The second kappa shape index (κ2) is 12.0. The average Bonchev–Trinajstić information content (AvgIpc) is 3.32. The van der Waals surface area contributed by atoms with Crippen LogP contribution in [0.15, 0.2) is 53.9 Å². The monoisotopic (exact) mass is 467 g/mol. The molecular weight excluding hydrogens is 438 g/mol. The number of nitrogens with one attached hydrogen (secondary N) is 1. The maximum Gasteiger partial charge on any atom is 0.305 e. The molecule has 3 rings (SSSR count). The Morgan fingerprint density at radius 3 is 2.48 bits per heavy atom. The molecule has 0 aliphatic rings. The van der Waals surface area contributed by atoms with Crippen molar-refractivity contribution in [3.05, 3.63) is 65.0 Å². The minimum Gasteiger partial charge on any atom is -0.497 e. The van der Waals surface area contributed by atoms with Crippen molar-refractivity contribution >= 4 is 28.3 Å². The molecule has 2 aromatic carbocycles. The highest BCUT2D eigenvalue weighted by Gasteiger charge is 2.14. The molecule has 7 nitrogen and oxygen atoms in total. The highest BCUT2D eigenvalue weighted by atomic mass is 32.1. The van der Waals surface area contributed by atoms with Gasteiger partial charge in [-0.1, -0.05) is 25.5 Å². The van der Waals surface area contributed by atoms with Gasteiger partial charge in [0.25, 0.3) is 5.91 Å². The quantitative estimate of drug-likeness (QED) is 0.396. The summed E-state index contributed by atoms with van der Waals surface area (Å²) < 4.78 is 5.24. The lowest BCUT2D eigenvalue weighted by Crippen LogP contribution is -2.26. The Morgan fingerprint density at radius 2 is 1.85 bits per heavy atom. The predicted molar refractivity (Wildman–Crippen MR) is 131 cm³/mol. The van der Waals surface area contributed by atoms with Crippen LogP contribution in [0.25, 0.3) is 11.3 Å². The number of methoxy groups -OCH3 is 1. The van der Waals surface area contributed by atoms with Crippen LogP contribution in [0.4, 0.5) is 5.13 Å². The lowest BCUT2D eigenvalue weighted by molar-refractivity contribution is -0.136. The van der Waals surface area contributed by atoms with Crippen molar-refractivity contribution in [3.8, 4) is 17.0 Å². The molecule has 0 saturated heterocycles. The summed E-state index contributed by atoms with van der Waals surface area (Å²) in [6.45, 7) is 3.86. The number of anilines is 1. The maximum atomic E-state index is 12.2. The minimum absolute atomic E-state index is 0.0947. The van der Waals surface area contributed by atoms with Gasteiger partial charge in [0, 0.05) is 36.1 Å².